The fraction of sp³-hybridized carbons (Fsp3) is 0.190. The highest BCUT2D eigenvalue weighted by molar-refractivity contribution is 6.36. The van der Waals surface area contributed by atoms with Gasteiger partial charge in [-0.05, 0) is 48.4 Å². The van der Waals surface area contributed by atoms with Crippen molar-refractivity contribution in [1.82, 2.24) is 5.32 Å². The summed E-state index contributed by atoms with van der Waals surface area (Å²) in [7, 11) is 0. The van der Waals surface area contributed by atoms with Crippen LogP contribution in [-0.2, 0) is 6.42 Å². The molecule has 1 aliphatic heterocycles. The van der Waals surface area contributed by atoms with Crippen molar-refractivity contribution in [2.24, 2.45) is 0 Å². The van der Waals surface area contributed by atoms with Crippen LogP contribution in [0.25, 0.3) is 0 Å². The Morgan fingerprint density at radius 2 is 2.00 bits per heavy atom. The number of anilines is 1. The number of para-hydroxylation sites is 1. The summed E-state index contributed by atoms with van der Waals surface area (Å²) < 4.78 is 5.66. The van der Waals surface area contributed by atoms with Crippen LogP contribution in [0.5, 0.6) is 0 Å². The predicted octanol–water partition coefficient (Wildman–Crippen LogP) is 5.12. The van der Waals surface area contributed by atoms with Crippen LogP contribution in [-0.4, -0.2) is 19.0 Å². The molecule has 4 rings (SSSR count). The molecular weight excluding hydrogens is 383 g/mol. The monoisotopic (exact) mass is 400 g/mol. The maximum atomic E-state index is 12.6. The van der Waals surface area contributed by atoms with Gasteiger partial charge in [0.25, 0.3) is 5.91 Å². The zero-order chi connectivity index (χ0) is 18.8. The molecule has 27 heavy (non-hydrogen) atoms. The lowest BCUT2D eigenvalue weighted by Crippen LogP contribution is -2.37. The second-order valence-electron chi connectivity index (χ2n) is 6.44. The van der Waals surface area contributed by atoms with Gasteiger partial charge in [0, 0.05) is 23.8 Å². The fourth-order valence-corrected chi connectivity index (χ4v) is 3.99. The molecule has 0 aliphatic carbocycles. The number of nitrogens with zero attached hydrogens (tertiary/aromatic N) is 1. The topological polar surface area (TPSA) is 45.5 Å². The van der Waals surface area contributed by atoms with Gasteiger partial charge in [0.05, 0.1) is 16.8 Å². The molecule has 4 nitrogen and oxygen atoms in total. The van der Waals surface area contributed by atoms with Crippen LogP contribution in [0.4, 0.5) is 5.69 Å². The molecule has 1 aromatic heterocycles. The van der Waals surface area contributed by atoms with Crippen molar-refractivity contribution in [3.8, 4) is 0 Å². The maximum Gasteiger partial charge on any atom is 0.252 e. The number of amides is 1. The minimum absolute atomic E-state index is 0.0984. The highest BCUT2D eigenvalue weighted by Gasteiger charge is 2.29. The van der Waals surface area contributed by atoms with Crippen LogP contribution in [0, 0.1) is 0 Å². The van der Waals surface area contributed by atoms with E-state index in [0.717, 1.165) is 18.7 Å². The van der Waals surface area contributed by atoms with E-state index in [1.807, 2.05) is 18.2 Å². The summed E-state index contributed by atoms with van der Waals surface area (Å²) in [4.78, 5) is 14.9. The number of carbonyl (C=O) groups is 1. The van der Waals surface area contributed by atoms with Gasteiger partial charge in [0.15, 0.2) is 0 Å². The molecule has 1 aliphatic rings. The maximum absolute atomic E-state index is 12.6. The smallest absolute Gasteiger partial charge is 0.252 e. The van der Waals surface area contributed by atoms with Gasteiger partial charge in [0.1, 0.15) is 11.8 Å². The molecule has 0 bridgehead atoms. The minimum atomic E-state index is -0.235. The molecular formula is C21H18Cl2N2O2. The molecule has 0 radical (unpaired) electrons. The van der Waals surface area contributed by atoms with Crippen LogP contribution < -0.4 is 10.2 Å². The molecule has 2 heterocycles. The van der Waals surface area contributed by atoms with Crippen molar-refractivity contribution in [3.05, 3.63) is 87.8 Å². The highest BCUT2D eigenvalue weighted by atomic mass is 35.5. The molecule has 0 saturated carbocycles. The number of fused-ring (bicyclic) bond motifs is 1. The van der Waals surface area contributed by atoms with Crippen molar-refractivity contribution in [2.45, 2.75) is 12.5 Å². The lowest BCUT2D eigenvalue weighted by atomic mass is 10.1. The predicted molar refractivity (Wildman–Crippen MR) is 108 cm³/mol. The first-order chi connectivity index (χ1) is 13.1. The fourth-order valence-electron chi connectivity index (χ4n) is 3.49. The first-order valence-electron chi connectivity index (χ1n) is 8.74. The third-order valence-electron chi connectivity index (χ3n) is 4.80. The SMILES string of the molecule is O=C(NC[C@H](c1ccco1)N1CCc2ccccc21)c1ccc(Cl)cc1Cl. The first kappa shape index (κ1) is 18.0. The third kappa shape index (κ3) is 3.68. The normalized spacial score (nSPS) is 14.1. The molecule has 0 unspecified atom stereocenters. The van der Waals surface area contributed by atoms with Gasteiger partial charge in [-0.1, -0.05) is 41.4 Å². The molecule has 6 heteroatoms. The zero-order valence-electron chi connectivity index (χ0n) is 14.5. The molecule has 2 aromatic carbocycles. The Labute approximate surface area is 167 Å². The van der Waals surface area contributed by atoms with Gasteiger partial charge in [-0.2, -0.15) is 0 Å². The second kappa shape index (κ2) is 7.67. The average Bonchev–Trinajstić information content (AvgIpc) is 3.32. The zero-order valence-corrected chi connectivity index (χ0v) is 16.0. The lowest BCUT2D eigenvalue weighted by molar-refractivity contribution is 0.0950. The molecule has 1 amide bonds. The summed E-state index contributed by atoms with van der Waals surface area (Å²) >= 11 is 12.1. The van der Waals surface area contributed by atoms with Gasteiger partial charge >= 0.3 is 0 Å². The Bertz CT molecular complexity index is 957. The Hall–Kier alpha value is -2.43. The summed E-state index contributed by atoms with van der Waals surface area (Å²) in [6.07, 6.45) is 2.63. The van der Waals surface area contributed by atoms with E-state index in [4.69, 9.17) is 27.6 Å². The first-order valence-corrected chi connectivity index (χ1v) is 9.50. The van der Waals surface area contributed by atoms with Gasteiger partial charge in [0.2, 0.25) is 0 Å². The number of carbonyl (C=O) groups excluding carboxylic acids is 1. The Kier molecular flexibility index (Phi) is 5.10. The number of benzene rings is 2. The van der Waals surface area contributed by atoms with Crippen LogP contribution in [0.1, 0.15) is 27.7 Å². The summed E-state index contributed by atoms with van der Waals surface area (Å²) in [5, 5.41) is 3.82. The minimum Gasteiger partial charge on any atom is -0.467 e. The van der Waals surface area contributed by atoms with Crippen molar-refractivity contribution < 1.29 is 9.21 Å². The molecule has 138 valence electrons. The largest absolute Gasteiger partial charge is 0.467 e. The van der Waals surface area contributed by atoms with Gasteiger partial charge in [-0.3, -0.25) is 4.79 Å². The lowest BCUT2D eigenvalue weighted by Gasteiger charge is -2.29. The summed E-state index contributed by atoms with van der Waals surface area (Å²) in [6, 6.07) is 16.9. The standard InChI is InChI=1S/C21H18Cl2N2O2/c22-15-7-8-16(17(23)12-15)21(26)24-13-19(20-6-3-11-27-20)25-10-9-14-4-1-2-5-18(14)25/h1-8,11-12,19H,9-10,13H2,(H,24,26)/t19-/m1/s1. The van der Waals surface area contributed by atoms with Crippen LogP contribution in [0.15, 0.2) is 65.3 Å². The van der Waals surface area contributed by atoms with Crippen LogP contribution in [0.3, 0.4) is 0 Å². The Morgan fingerprint density at radius 1 is 1.15 bits per heavy atom. The molecule has 1 atom stereocenters. The molecule has 0 spiro atoms. The van der Waals surface area contributed by atoms with Crippen molar-refractivity contribution in [2.75, 3.05) is 18.0 Å². The van der Waals surface area contributed by atoms with E-state index < -0.39 is 0 Å². The van der Waals surface area contributed by atoms with E-state index in [1.54, 1.807) is 24.5 Å². The number of hydrogen-bond donors (Lipinski definition) is 1. The summed E-state index contributed by atoms with van der Waals surface area (Å²) in [6.45, 7) is 1.28. The van der Waals surface area contributed by atoms with Crippen molar-refractivity contribution >= 4 is 34.8 Å². The number of nitrogens with one attached hydrogen (secondary N) is 1. The average molecular weight is 401 g/mol. The highest BCUT2D eigenvalue weighted by Crippen LogP contribution is 2.35. The van der Waals surface area contributed by atoms with Crippen LogP contribution in [0.2, 0.25) is 10.0 Å². The molecule has 1 N–H and O–H groups in total. The summed E-state index contributed by atoms with van der Waals surface area (Å²) in [5.74, 6) is 0.579. The van der Waals surface area contributed by atoms with Gasteiger partial charge in [-0.25, -0.2) is 0 Å². The molecule has 3 aromatic rings. The Morgan fingerprint density at radius 3 is 2.78 bits per heavy atom. The van der Waals surface area contributed by atoms with Gasteiger partial charge < -0.3 is 14.6 Å². The number of hydrogen-bond acceptors (Lipinski definition) is 3. The summed E-state index contributed by atoms with van der Waals surface area (Å²) in [5.41, 5.74) is 2.89. The second-order valence-corrected chi connectivity index (χ2v) is 7.28. The Balaban J connectivity index is 1.56. The third-order valence-corrected chi connectivity index (χ3v) is 5.35. The van der Waals surface area contributed by atoms with E-state index in [-0.39, 0.29) is 11.9 Å². The van der Waals surface area contributed by atoms with Crippen LogP contribution >= 0.6 is 23.2 Å². The van der Waals surface area contributed by atoms with Crippen molar-refractivity contribution in [1.29, 1.82) is 0 Å². The van der Waals surface area contributed by atoms with E-state index in [1.165, 1.54) is 11.3 Å². The number of rotatable bonds is 5. The van der Waals surface area contributed by atoms with E-state index in [0.29, 0.717) is 22.2 Å². The van der Waals surface area contributed by atoms with E-state index in [2.05, 4.69) is 28.4 Å². The van der Waals surface area contributed by atoms with E-state index in [9.17, 15) is 4.79 Å². The molecule has 0 fully saturated rings. The quantitative estimate of drug-likeness (QED) is 0.646. The molecule has 0 saturated heterocycles. The van der Waals surface area contributed by atoms with Gasteiger partial charge in [-0.15, -0.1) is 0 Å². The van der Waals surface area contributed by atoms with Crippen molar-refractivity contribution in [3.63, 3.8) is 0 Å². The number of furan rings is 1. The number of halogens is 2. The van der Waals surface area contributed by atoms with E-state index >= 15 is 0 Å².